The summed E-state index contributed by atoms with van der Waals surface area (Å²) in [6.07, 6.45) is 2.93. The molecule has 0 unspecified atom stereocenters. The Labute approximate surface area is 112 Å². The fraction of sp³-hybridized carbons (Fsp3) is 0.267. The largest absolute Gasteiger partial charge is 0.493 e. The van der Waals surface area contributed by atoms with Gasteiger partial charge in [-0.2, -0.15) is 0 Å². The number of aliphatic hydroxyl groups is 1. The fourth-order valence-corrected chi connectivity index (χ4v) is 1.70. The molecule has 1 heterocycles. The highest BCUT2D eigenvalue weighted by Gasteiger charge is 2.08. The van der Waals surface area contributed by atoms with E-state index >= 15 is 0 Å². The molecule has 1 aromatic heterocycles. The first-order chi connectivity index (χ1) is 9.20. The number of benzene rings is 1. The van der Waals surface area contributed by atoms with Gasteiger partial charge in [-0.3, -0.25) is 4.98 Å². The highest BCUT2D eigenvalue weighted by Crippen LogP contribution is 2.30. The zero-order valence-corrected chi connectivity index (χ0v) is 11.0. The summed E-state index contributed by atoms with van der Waals surface area (Å²) >= 11 is 0. The minimum absolute atomic E-state index is 0.451. The molecule has 19 heavy (non-hydrogen) atoms. The van der Waals surface area contributed by atoms with Gasteiger partial charge in [-0.1, -0.05) is 6.07 Å². The van der Waals surface area contributed by atoms with Gasteiger partial charge in [-0.05, 0) is 42.3 Å². The van der Waals surface area contributed by atoms with E-state index in [4.69, 9.17) is 9.47 Å². The molecular weight excluding hydrogens is 242 g/mol. The minimum atomic E-state index is -0.525. The van der Waals surface area contributed by atoms with Crippen LogP contribution in [-0.4, -0.2) is 17.2 Å². The molecule has 0 radical (unpaired) electrons. The lowest BCUT2D eigenvalue weighted by molar-refractivity contribution is 0.198. The lowest BCUT2D eigenvalue weighted by atomic mass is 10.1. The number of aliphatic hydroxyl groups excluding tert-OH is 1. The first-order valence-electron chi connectivity index (χ1n) is 6.08. The number of pyridine rings is 1. The van der Waals surface area contributed by atoms with E-state index in [1.165, 1.54) is 0 Å². The number of hydrogen-bond donors (Lipinski definition) is 1. The van der Waals surface area contributed by atoms with Crippen LogP contribution in [0.4, 0.5) is 0 Å². The number of rotatable bonds is 5. The van der Waals surface area contributed by atoms with Crippen LogP contribution in [0.2, 0.25) is 0 Å². The quantitative estimate of drug-likeness (QED) is 0.897. The molecule has 0 fully saturated rings. The maximum Gasteiger partial charge on any atom is 0.161 e. The second kappa shape index (κ2) is 6.20. The molecule has 1 atom stereocenters. The van der Waals surface area contributed by atoms with Gasteiger partial charge in [0.1, 0.15) is 6.61 Å². The van der Waals surface area contributed by atoms with Crippen LogP contribution in [0.1, 0.15) is 24.2 Å². The van der Waals surface area contributed by atoms with Crippen LogP contribution in [0.5, 0.6) is 11.5 Å². The van der Waals surface area contributed by atoms with Gasteiger partial charge in [0.25, 0.3) is 0 Å². The smallest absolute Gasteiger partial charge is 0.161 e. The van der Waals surface area contributed by atoms with Crippen molar-refractivity contribution in [1.29, 1.82) is 0 Å². The molecule has 4 nitrogen and oxygen atoms in total. The molecule has 0 bridgehead atoms. The molecular formula is C15H17NO3. The Morgan fingerprint density at radius 3 is 2.53 bits per heavy atom. The van der Waals surface area contributed by atoms with Gasteiger partial charge in [0, 0.05) is 12.4 Å². The average molecular weight is 259 g/mol. The third-order valence-electron chi connectivity index (χ3n) is 2.81. The van der Waals surface area contributed by atoms with Crippen molar-refractivity contribution in [1.82, 2.24) is 4.98 Å². The molecule has 0 aliphatic heterocycles. The minimum Gasteiger partial charge on any atom is -0.493 e. The molecule has 1 N–H and O–H groups in total. The van der Waals surface area contributed by atoms with E-state index < -0.39 is 6.10 Å². The fourth-order valence-electron chi connectivity index (χ4n) is 1.70. The zero-order valence-electron chi connectivity index (χ0n) is 11.0. The van der Waals surface area contributed by atoms with Gasteiger partial charge in [0.15, 0.2) is 11.5 Å². The standard InChI is InChI=1S/C15H17NO3/c1-11(17)13-3-4-14(15(9-13)18-2)19-10-12-5-7-16-8-6-12/h3-9,11,17H,10H2,1-2H3/t11-/m1/s1. The Kier molecular flexibility index (Phi) is 4.36. The molecule has 0 saturated carbocycles. The second-order valence-corrected chi connectivity index (χ2v) is 4.23. The summed E-state index contributed by atoms with van der Waals surface area (Å²) in [5.74, 6) is 1.27. The first kappa shape index (κ1) is 13.4. The van der Waals surface area contributed by atoms with E-state index in [2.05, 4.69) is 4.98 Å². The van der Waals surface area contributed by atoms with E-state index in [0.29, 0.717) is 18.1 Å². The van der Waals surface area contributed by atoms with E-state index in [9.17, 15) is 5.11 Å². The number of aromatic nitrogens is 1. The van der Waals surface area contributed by atoms with E-state index in [0.717, 1.165) is 11.1 Å². The SMILES string of the molecule is COc1cc([C@@H](C)O)ccc1OCc1ccncc1. The third kappa shape index (κ3) is 3.45. The Morgan fingerprint density at radius 1 is 1.16 bits per heavy atom. The third-order valence-corrected chi connectivity index (χ3v) is 2.81. The van der Waals surface area contributed by atoms with Crippen LogP contribution < -0.4 is 9.47 Å². The van der Waals surface area contributed by atoms with Crippen molar-refractivity contribution in [3.8, 4) is 11.5 Å². The van der Waals surface area contributed by atoms with Crippen LogP contribution in [0.15, 0.2) is 42.7 Å². The number of hydrogen-bond acceptors (Lipinski definition) is 4. The molecule has 4 heteroatoms. The molecule has 0 amide bonds. The topological polar surface area (TPSA) is 51.6 Å². The summed E-state index contributed by atoms with van der Waals surface area (Å²) in [7, 11) is 1.58. The van der Waals surface area contributed by atoms with Crippen molar-refractivity contribution in [3.63, 3.8) is 0 Å². The molecule has 0 saturated heterocycles. The summed E-state index contributed by atoms with van der Waals surface area (Å²) < 4.78 is 11.0. The maximum atomic E-state index is 9.54. The van der Waals surface area contributed by atoms with Gasteiger partial charge in [-0.25, -0.2) is 0 Å². The Morgan fingerprint density at radius 2 is 1.89 bits per heavy atom. The molecule has 0 aliphatic carbocycles. The van der Waals surface area contributed by atoms with Gasteiger partial charge >= 0.3 is 0 Å². The summed E-state index contributed by atoms with van der Waals surface area (Å²) in [5.41, 5.74) is 1.84. The van der Waals surface area contributed by atoms with Gasteiger partial charge in [-0.15, -0.1) is 0 Å². The number of nitrogens with zero attached hydrogens (tertiary/aromatic N) is 1. The van der Waals surface area contributed by atoms with Crippen molar-refractivity contribution in [3.05, 3.63) is 53.9 Å². The first-order valence-corrected chi connectivity index (χ1v) is 6.08. The van der Waals surface area contributed by atoms with Crippen molar-refractivity contribution in [2.45, 2.75) is 19.6 Å². The van der Waals surface area contributed by atoms with Crippen LogP contribution in [0, 0.1) is 0 Å². The molecule has 100 valence electrons. The number of ether oxygens (including phenoxy) is 2. The highest BCUT2D eigenvalue weighted by molar-refractivity contribution is 5.43. The van der Waals surface area contributed by atoms with E-state index in [1.54, 1.807) is 32.5 Å². The van der Waals surface area contributed by atoms with Crippen LogP contribution in [-0.2, 0) is 6.61 Å². The second-order valence-electron chi connectivity index (χ2n) is 4.23. The van der Waals surface area contributed by atoms with Crippen molar-refractivity contribution >= 4 is 0 Å². The summed E-state index contributed by atoms with van der Waals surface area (Å²) in [6, 6.07) is 9.22. The monoisotopic (exact) mass is 259 g/mol. The van der Waals surface area contributed by atoms with Gasteiger partial charge < -0.3 is 14.6 Å². The zero-order chi connectivity index (χ0) is 13.7. The van der Waals surface area contributed by atoms with Crippen LogP contribution in [0.25, 0.3) is 0 Å². The lowest BCUT2D eigenvalue weighted by Gasteiger charge is -2.13. The van der Waals surface area contributed by atoms with Crippen LogP contribution >= 0.6 is 0 Å². The van der Waals surface area contributed by atoms with Crippen molar-refractivity contribution < 1.29 is 14.6 Å². The molecule has 0 spiro atoms. The summed E-state index contributed by atoms with van der Waals surface area (Å²) in [4.78, 5) is 3.96. The summed E-state index contributed by atoms with van der Waals surface area (Å²) in [5, 5.41) is 9.54. The van der Waals surface area contributed by atoms with Gasteiger partial charge in [0.2, 0.25) is 0 Å². The number of methoxy groups -OCH3 is 1. The average Bonchev–Trinajstić information content (AvgIpc) is 2.45. The molecule has 1 aromatic carbocycles. The Hall–Kier alpha value is -2.07. The molecule has 0 aliphatic rings. The highest BCUT2D eigenvalue weighted by atomic mass is 16.5. The van der Waals surface area contributed by atoms with Crippen molar-refractivity contribution in [2.24, 2.45) is 0 Å². The predicted molar refractivity (Wildman–Crippen MR) is 72.2 cm³/mol. The molecule has 2 rings (SSSR count). The van der Waals surface area contributed by atoms with Gasteiger partial charge in [0.05, 0.1) is 13.2 Å². The van der Waals surface area contributed by atoms with Crippen LogP contribution in [0.3, 0.4) is 0 Å². The lowest BCUT2D eigenvalue weighted by Crippen LogP contribution is -1.99. The summed E-state index contributed by atoms with van der Waals surface area (Å²) in [6.45, 7) is 2.17. The Bertz CT molecular complexity index is 526. The normalized spacial score (nSPS) is 11.9. The Balaban J connectivity index is 2.12. The predicted octanol–water partition coefficient (Wildman–Crippen LogP) is 2.72. The van der Waals surface area contributed by atoms with E-state index in [1.807, 2.05) is 24.3 Å². The van der Waals surface area contributed by atoms with E-state index in [-0.39, 0.29) is 0 Å². The maximum absolute atomic E-state index is 9.54. The van der Waals surface area contributed by atoms with Crippen molar-refractivity contribution in [2.75, 3.05) is 7.11 Å². The molecule has 2 aromatic rings.